The third-order valence-corrected chi connectivity index (χ3v) is 6.11. The van der Waals surface area contributed by atoms with E-state index in [1.54, 1.807) is 0 Å². The Morgan fingerprint density at radius 3 is 2.27 bits per heavy atom. The van der Waals surface area contributed by atoms with E-state index >= 15 is 0 Å². The van der Waals surface area contributed by atoms with Gasteiger partial charge in [-0.1, -0.05) is 13.8 Å². The second kappa shape index (κ2) is 9.48. The molecule has 0 aromatic heterocycles. The van der Waals surface area contributed by atoms with Crippen molar-refractivity contribution in [2.24, 2.45) is 5.92 Å². The van der Waals surface area contributed by atoms with E-state index in [9.17, 15) is 14.9 Å². The Hall–Kier alpha value is -2.59. The summed E-state index contributed by atoms with van der Waals surface area (Å²) < 4.78 is 0. The highest BCUT2D eigenvalue weighted by atomic mass is 16.2. The molecule has 162 valence electrons. The summed E-state index contributed by atoms with van der Waals surface area (Å²) >= 11 is 0. The number of nitriles is 1. The number of rotatable bonds is 7. The third kappa shape index (κ3) is 5.31. The van der Waals surface area contributed by atoms with Crippen LogP contribution < -0.4 is 15.5 Å². The quantitative estimate of drug-likeness (QED) is 0.718. The minimum absolute atomic E-state index is 0.236. The fourth-order valence-corrected chi connectivity index (χ4v) is 3.95. The number of benzene rings is 1. The van der Waals surface area contributed by atoms with Crippen LogP contribution in [0.4, 0.5) is 5.69 Å². The van der Waals surface area contributed by atoms with E-state index < -0.39 is 11.6 Å². The maximum Gasteiger partial charge on any atom is 0.251 e. The Bertz CT molecular complexity index is 787. The molecule has 1 unspecified atom stereocenters. The number of likely N-dealkylation sites (N-methyl/N-ethyl adjacent to an activating group) is 1. The van der Waals surface area contributed by atoms with Gasteiger partial charge in [-0.2, -0.15) is 5.26 Å². The van der Waals surface area contributed by atoms with Crippen LogP contribution in [0.15, 0.2) is 24.3 Å². The van der Waals surface area contributed by atoms with Crippen molar-refractivity contribution in [2.75, 3.05) is 38.1 Å². The maximum absolute atomic E-state index is 12.8. The minimum Gasteiger partial charge on any atom is -0.369 e. The van der Waals surface area contributed by atoms with Gasteiger partial charge in [-0.05, 0) is 62.9 Å². The highest BCUT2D eigenvalue weighted by Crippen LogP contribution is 2.31. The van der Waals surface area contributed by atoms with Crippen LogP contribution in [0.3, 0.4) is 0 Å². The van der Waals surface area contributed by atoms with Crippen molar-refractivity contribution >= 4 is 17.5 Å². The van der Waals surface area contributed by atoms with E-state index in [0.717, 1.165) is 38.3 Å². The average molecular weight is 412 g/mol. The second-order valence-electron chi connectivity index (χ2n) is 9.03. The first kappa shape index (κ1) is 22.1. The number of nitrogens with one attached hydrogen (secondary N) is 2. The summed E-state index contributed by atoms with van der Waals surface area (Å²) in [4.78, 5) is 30.2. The molecule has 2 N–H and O–H groups in total. The van der Waals surface area contributed by atoms with Crippen LogP contribution in [0.1, 0.15) is 49.9 Å². The van der Waals surface area contributed by atoms with Gasteiger partial charge in [-0.25, -0.2) is 0 Å². The van der Waals surface area contributed by atoms with Crippen molar-refractivity contribution in [1.29, 1.82) is 5.26 Å². The first-order valence-electron chi connectivity index (χ1n) is 10.9. The van der Waals surface area contributed by atoms with E-state index in [0.29, 0.717) is 24.8 Å². The summed E-state index contributed by atoms with van der Waals surface area (Å²) in [6.07, 6.45) is 2.81. The number of carbonyl (C=O) groups excluding carboxylic acids is 2. The predicted molar refractivity (Wildman–Crippen MR) is 117 cm³/mol. The largest absolute Gasteiger partial charge is 0.369 e. The fraction of sp³-hybridized carbons (Fsp3) is 0.609. The van der Waals surface area contributed by atoms with Crippen LogP contribution in [0.5, 0.6) is 0 Å². The molecule has 1 aromatic carbocycles. The molecule has 1 heterocycles. The summed E-state index contributed by atoms with van der Waals surface area (Å²) in [5, 5.41) is 15.2. The lowest BCUT2D eigenvalue weighted by Gasteiger charge is -2.37. The van der Waals surface area contributed by atoms with Crippen molar-refractivity contribution < 1.29 is 9.59 Å². The molecule has 0 spiro atoms. The molecule has 1 saturated heterocycles. The molecule has 1 atom stereocenters. The predicted octanol–water partition coefficient (Wildman–Crippen LogP) is 2.15. The van der Waals surface area contributed by atoms with Gasteiger partial charge in [0, 0.05) is 37.4 Å². The van der Waals surface area contributed by atoms with Gasteiger partial charge in [-0.3, -0.25) is 9.59 Å². The first-order chi connectivity index (χ1) is 14.3. The van der Waals surface area contributed by atoms with Crippen molar-refractivity contribution in [1.82, 2.24) is 15.5 Å². The number of hydrogen-bond donors (Lipinski definition) is 2. The van der Waals surface area contributed by atoms with E-state index in [1.165, 1.54) is 0 Å². The number of carbonyl (C=O) groups is 2. The van der Waals surface area contributed by atoms with Crippen molar-refractivity contribution in [3.05, 3.63) is 29.8 Å². The first-order valence-corrected chi connectivity index (χ1v) is 10.9. The van der Waals surface area contributed by atoms with Gasteiger partial charge in [-0.15, -0.1) is 0 Å². The van der Waals surface area contributed by atoms with Crippen LogP contribution in [0, 0.1) is 17.2 Å². The molecule has 1 aromatic rings. The number of nitrogens with zero attached hydrogens (tertiary/aromatic N) is 3. The van der Waals surface area contributed by atoms with E-state index in [1.807, 2.05) is 38.1 Å². The molecule has 0 radical (unpaired) electrons. The van der Waals surface area contributed by atoms with Gasteiger partial charge in [0.05, 0.1) is 6.07 Å². The lowest BCUT2D eigenvalue weighted by Crippen LogP contribution is -2.58. The van der Waals surface area contributed by atoms with Crippen molar-refractivity contribution in [3.63, 3.8) is 0 Å². The molecule has 2 aliphatic rings. The lowest BCUT2D eigenvalue weighted by molar-refractivity contribution is -0.125. The Morgan fingerprint density at radius 1 is 1.13 bits per heavy atom. The minimum atomic E-state index is -0.763. The number of piperazine rings is 1. The van der Waals surface area contributed by atoms with Gasteiger partial charge in [0.15, 0.2) is 0 Å². The van der Waals surface area contributed by atoms with Crippen LogP contribution in [0.2, 0.25) is 0 Å². The molecule has 2 fully saturated rings. The smallest absolute Gasteiger partial charge is 0.251 e. The van der Waals surface area contributed by atoms with Crippen molar-refractivity contribution in [2.45, 2.75) is 51.1 Å². The maximum atomic E-state index is 12.8. The van der Waals surface area contributed by atoms with Crippen molar-refractivity contribution in [3.8, 4) is 6.07 Å². The van der Waals surface area contributed by atoms with Crippen LogP contribution in [-0.4, -0.2) is 61.5 Å². The summed E-state index contributed by atoms with van der Waals surface area (Å²) in [5.74, 6) is -0.298. The molecule has 7 nitrogen and oxygen atoms in total. The van der Waals surface area contributed by atoms with Gasteiger partial charge in [0.1, 0.15) is 11.6 Å². The Balaban J connectivity index is 1.63. The van der Waals surface area contributed by atoms with Crippen LogP contribution >= 0.6 is 0 Å². The molecule has 7 heteroatoms. The SMILES string of the molecule is CC(C)CC(NC(=O)c1ccc(N2CCN(C)CC2)cc1)C(=O)NC1(C#N)CCC1. The zero-order valence-electron chi connectivity index (χ0n) is 18.3. The van der Waals surface area contributed by atoms with Gasteiger partial charge in [0.2, 0.25) is 5.91 Å². The standard InChI is InChI=1S/C23H33N5O2/c1-17(2)15-20(22(30)26-23(16-24)9-4-10-23)25-21(29)18-5-7-19(8-6-18)28-13-11-27(3)12-14-28/h5-8,17,20H,4,9-15H2,1-3H3,(H,25,29)(H,26,30). The molecule has 3 rings (SSSR count). The molecule has 1 aliphatic carbocycles. The zero-order chi connectivity index (χ0) is 21.7. The average Bonchev–Trinajstić information content (AvgIpc) is 2.70. The van der Waals surface area contributed by atoms with E-state index in [4.69, 9.17) is 0 Å². The molecular weight excluding hydrogens is 378 g/mol. The Labute approximate surface area is 179 Å². The number of amides is 2. The summed E-state index contributed by atoms with van der Waals surface area (Å²) in [6.45, 7) is 8.02. The monoisotopic (exact) mass is 411 g/mol. The number of anilines is 1. The van der Waals surface area contributed by atoms with Gasteiger partial charge >= 0.3 is 0 Å². The van der Waals surface area contributed by atoms with E-state index in [-0.39, 0.29) is 17.7 Å². The second-order valence-corrected chi connectivity index (χ2v) is 9.03. The van der Waals surface area contributed by atoms with Crippen LogP contribution in [-0.2, 0) is 4.79 Å². The lowest BCUT2D eigenvalue weighted by atomic mass is 9.78. The highest BCUT2D eigenvalue weighted by molar-refractivity contribution is 5.98. The Morgan fingerprint density at radius 2 is 1.77 bits per heavy atom. The topological polar surface area (TPSA) is 88.5 Å². The van der Waals surface area contributed by atoms with E-state index in [2.05, 4.69) is 33.6 Å². The summed E-state index contributed by atoms with van der Waals surface area (Å²) in [5.41, 5.74) is 0.881. The molecule has 2 amide bonds. The molecule has 1 saturated carbocycles. The fourth-order valence-electron chi connectivity index (χ4n) is 3.95. The van der Waals surface area contributed by atoms with Crippen LogP contribution in [0.25, 0.3) is 0 Å². The zero-order valence-corrected chi connectivity index (χ0v) is 18.3. The Kier molecular flexibility index (Phi) is 6.99. The van der Waals surface area contributed by atoms with Gasteiger partial charge < -0.3 is 20.4 Å². The molecule has 0 bridgehead atoms. The van der Waals surface area contributed by atoms with Gasteiger partial charge in [0.25, 0.3) is 5.91 Å². The highest BCUT2D eigenvalue weighted by Gasteiger charge is 2.40. The third-order valence-electron chi connectivity index (χ3n) is 6.11. The summed E-state index contributed by atoms with van der Waals surface area (Å²) in [6, 6.07) is 9.14. The molecule has 30 heavy (non-hydrogen) atoms. The summed E-state index contributed by atoms with van der Waals surface area (Å²) in [7, 11) is 2.12. The molecule has 1 aliphatic heterocycles. The molecular formula is C23H33N5O2. The normalized spacial score (nSPS) is 19.5. The number of hydrogen-bond acceptors (Lipinski definition) is 5.